The van der Waals surface area contributed by atoms with Gasteiger partial charge < -0.3 is 17.1 Å². The van der Waals surface area contributed by atoms with Gasteiger partial charge in [0.25, 0.3) is 5.82 Å². The summed E-state index contributed by atoms with van der Waals surface area (Å²) >= 11 is 6.05. The van der Waals surface area contributed by atoms with Gasteiger partial charge in [-0.15, -0.1) is 0 Å². The number of hydrogen-bond acceptors (Lipinski definition) is 3. The maximum Gasteiger partial charge on any atom is 0.347 e. The molecule has 0 aliphatic rings. The normalized spacial score (nSPS) is 10.3. The number of rotatable bonds is 9. The minimum absolute atomic E-state index is 0. The second-order valence-corrected chi connectivity index (χ2v) is 5.97. The Bertz CT molecular complexity index is 667. The zero-order valence-electron chi connectivity index (χ0n) is 15.1. The Morgan fingerprint density at radius 2 is 1.73 bits per heavy atom. The fourth-order valence-corrected chi connectivity index (χ4v) is 2.66. The smallest absolute Gasteiger partial charge is 0.347 e. The van der Waals surface area contributed by atoms with Gasteiger partial charge in [0.05, 0.1) is 0 Å². The number of H-pyrrole nitrogens is 1. The Morgan fingerprint density at radius 1 is 1.04 bits per heavy atom. The van der Waals surface area contributed by atoms with Gasteiger partial charge in [0.2, 0.25) is 0 Å². The highest BCUT2D eigenvalue weighted by atomic mass is 35.5. The van der Waals surface area contributed by atoms with E-state index in [-0.39, 0.29) is 24.9 Å². The third-order valence-electron chi connectivity index (χ3n) is 3.98. The quantitative estimate of drug-likeness (QED) is 0.555. The third-order valence-corrected chi connectivity index (χ3v) is 4.20. The lowest BCUT2D eigenvalue weighted by atomic mass is 10.3. The summed E-state index contributed by atoms with van der Waals surface area (Å²) in [5.41, 5.74) is 0. The average Bonchev–Trinajstić information content (AvgIpc) is 2.64. The van der Waals surface area contributed by atoms with E-state index in [0.29, 0.717) is 23.3 Å². The highest BCUT2D eigenvalue weighted by Crippen LogP contribution is 2.12. The van der Waals surface area contributed by atoms with Crippen LogP contribution in [0, 0.1) is 0 Å². The number of carbonyl (C=O) groups is 1. The molecule has 0 fully saturated rings. The Morgan fingerprint density at radius 3 is 2.35 bits per heavy atom. The highest BCUT2D eigenvalue weighted by molar-refractivity contribution is 6.28. The minimum atomic E-state index is -0.116. The van der Waals surface area contributed by atoms with Gasteiger partial charge in [-0.1, -0.05) is 32.0 Å². The number of hydrogen-bond donors (Lipinski definition) is 0. The van der Waals surface area contributed by atoms with Crippen LogP contribution in [0.5, 0.6) is 5.75 Å². The number of benzene rings is 1. The number of ether oxygens (including phenoxy) is 1. The number of nitrogens with zero attached hydrogens (tertiary/aromatic N) is 2. The van der Waals surface area contributed by atoms with E-state index in [4.69, 9.17) is 16.3 Å². The molecule has 5 nitrogen and oxygen atoms in total. The molecule has 1 aromatic carbocycles. The molecule has 1 aromatic heterocycles. The third kappa shape index (κ3) is 6.83. The summed E-state index contributed by atoms with van der Waals surface area (Å²) in [7, 11) is 0. The predicted octanol–water partition coefficient (Wildman–Crippen LogP) is -0.0881. The summed E-state index contributed by atoms with van der Waals surface area (Å²) in [5, 5.41) is 0.488. The van der Waals surface area contributed by atoms with Crippen LogP contribution in [-0.4, -0.2) is 43.6 Å². The first kappa shape index (κ1) is 22.2. The molecule has 0 spiro atoms. The van der Waals surface area contributed by atoms with Gasteiger partial charge in [-0.05, 0) is 49.0 Å². The lowest BCUT2D eigenvalue weighted by Gasteiger charge is -2.21. The standard InChI is InChI=1S/C19H24ClN3O2.ClH/c1-3-22(4-2)13-14-23(18-12-8-11-17(20)21-18)19(24)15-25-16-9-6-5-7-10-16;/h5-12H,3-4,13-15H2,1-2H3;1H. The van der Waals surface area contributed by atoms with E-state index in [1.165, 1.54) is 0 Å². The number of carbonyl (C=O) groups excluding carboxylic acids is 1. The van der Waals surface area contributed by atoms with Crippen molar-refractivity contribution in [1.29, 1.82) is 0 Å². The molecule has 142 valence electrons. The molecule has 0 saturated carbocycles. The van der Waals surface area contributed by atoms with Crippen molar-refractivity contribution in [3.8, 4) is 5.75 Å². The molecule has 1 heterocycles. The summed E-state index contributed by atoms with van der Waals surface area (Å²) in [6, 6.07) is 14.7. The maximum atomic E-state index is 12.7. The largest absolute Gasteiger partial charge is 1.00 e. The Kier molecular flexibility index (Phi) is 10.0. The fraction of sp³-hybridized carbons (Fsp3) is 0.368. The molecule has 7 heteroatoms. The van der Waals surface area contributed by atoms with E-state index < -0.39 is 0 Å². The molecule has 0 saturated heterocycles. The molecule has 1 amide bonds. The summed E-state index contributed by atoms with van der Waals surface area (Å²) in [5.74, 6) is 1.23. The van der Waals surface area contributed by atoms with E-state index in [1.807, 2.05) is 42.5 Å². The Hall–Kier alpha value is -1.82. The molecule has 0 unspecified atom stereocenters. The number of aromatic amines is 1. The Labute approximate surface area is 166 Å². The molecule has 0 aliphatic carbocycles. The minimum Gasteiger partial charge on any atom is -1.00 e. The number of para-hydroxylation sites is 1. The van der Waals surface area contributed by atoms with E-state index in [2.05, 4.69) is 23.7 Å². The van der Waals surface area contributed by atoms with Crippen molar-refractivity contribution in [3.05, 3.63) is 53.7 Å². The lowest BCUT2D eigenvalue weighted by molar-refractivity contribution is -0.360. The fourth-order valence-electron chi connectivity index (χ4n) is 2.49. The van der Waals surface area contributed by atoms with Crippen molar-refractivity contribution in [2.75, 3.05) is 37.7 Å². The topological polar surface area (TPSA) is 46.9 Å². The first-order chi connectivity index (χ1) is 12.1. The average molecular weight is 398 g/mol. The van der Waals surface area contributed by atoms with Crippen LogP contribution < -0.4 is 27.0 Å². The Balaban J connectivity index is 0.00000338. The van der Waals surface area contributed by atoms with E-state index in [1.54, 1.807) is 11.0 Å². The lowest BCUT2D eigenvalue weighted by Crippen LogP contribution is -3.00. The van der Waals surface area contributed by atoms with Crippen LogP contribution in [0.1, 0.15) is 13.8 Å². The van der Waals surface area contributed by atoms with Crippen molar-refractivity contribution in [1.82, 2.24) is 4.90 Å². The first-order valence-electron chi connectivity index (χ1n) is 8.52. The second kappa shape index (κ2) is 11.7. The van der Waals surface area contributed by atoms with E-state index in [0.717, 1.165) is 19.6 Å². The number of pyridine rings is 1. The predicted molar refractivity (Wildman–Crippen MR) is 100 cm³/mol. The van der Waals surface area contributed by atoms with E-state index in [9.17, 15) is 4.79 Å². The van der Waals surface area contributed by atoms with Gasteiger partial charge in [0.15, 0.2) is 11.8 Å². The number of amides is 1. The number of likely N-dealkylation sites (N-methyl/N-ethyl adjacent to an activating group) is 1. The van der Waals surface area contributed by atoms with Crippen molar-refractivity contribution in [2.45, 2.75) is 13.8 Å². The van der Waals surface area contributed by atoms with Crippen molar-refractivity contribution < 1.29 is 26.9 Å². The molecule has 0 radical (unpaired) electrons. The molecule has 2 rings (SSSR count). The second-order valence-electron chi connectivity index (χ2n) is 5.56. The molecule has 1 N–H and O–H groups in total. The highest BCUT2D eigenvalue weighted by Gasteiger charge is 2.25. The summed E-state index contributed by atoms with van der Waals surface area (Å²) < 4.78 is 5.61. The molecule has 0 atom stereocenters. The van der Waals surface area contributed by atoms with Crippen LogP contribution in [-0.2, 0) is 4.79 Å². The van der Waals surface area contributed by atoms with Gasteiger partial charge >= 0.3 is 5.91 Å². The SMILES string of the molecule is CCN(CC)CCN(C(=O)COc1ccccc1)c1cccc(Cl)[nH+]1.[Cl-]. The van der Waals surface area contributed by atoms with Crippen molar-refractivity contribution in [2.24, 2.45) is 0 Å². The van der Waals surface area contributed by atoms with Crippen molar-refractivity contribution >= 4 is 23.3 Å². The van der Waals surface area contributed by atoms with Crippen LogP contribution >= 0.6 is 11.6 Å². The number of nitrogens with one attached hydrogen (secondary N) is 1. The molecular weight excluding hydrogens is 373 g/mol. The molecule has 0 bridgehead atoms. The molecular formula is C19H25Cl2N3O2. The van der Waals surface area contributed by atoms with Crippen LogP contribution in [0.4, 0.5) is 5.82 Å². The van der Waals surface area contributed by atoms with Gasteiger partial charge in [-0.25, -0.2) is 9.78 Å². The zero-order valence-corrected chi connectivity index (χ0v) is 16.6. The summed E-state index contributed by atoms with van der Waals surface area (Å²) in [4.78, 5) is 19.7. The molecule has 26 heavy (non-hydrogen) atoms. The van der Waals surface area contributed by atoms with Gasteiger partial charge in [0, 0.05) is 12.6 Å². The zero-order chi connectivity index (χ0) is 18.1. The first-order valence-corrected chi connectivity index (χ1v) is 8.90. The monoisotopic (exact) mass is 397 g/mol. The van der Waals surface area contributed by atoms with Gasteiger partial charge in [-0.3, -0.25) is 4.90 Å². The van der Waals surface area contributed by atoms with Crippen LogP contribution in [0.25, 0.3) is 0 Å². The molecule has 2 aromatic rings. The van der Waals surface area contributed by atoms with E-state index >= 15 is 0 Å². The van der Waals surface area contributed by atoms with Gasteiger partial charge in [0.1, 0.15) is 12.3 Å². The molecule has 0 aliphatic heterocycles. The van der Waals surface area contributed by atoms with Crippen molar-refractivity contribution in [3.63, 3.8) is 0 Å². The van der Waals surface area contributed by atoms with Gasteiger partial charge in [-0.2, -0.15) is 4.90 Å². The maximum absolute atomic E-state index is 12.7. The number of aromatic nitrogens is 1. The van der Waals surface area contributed by atoms with Crippen LogP contribution in [0.2, 0.25) is 5.15 Å². The van der Waals surface area contributed by atoms with Crippen LogP contribution in [0.3, 0.4) is 0 Å². The number of anilines is 1. The van der Waals surface area contributed by atoms with Crippen LogP contribution in [0.15, 0.2) is 48.5 Å². The summed E-state index contributed by atoms with van der Waals surface area (Å²) in [6.07, 6.45) is 0. The number of halogens is 2. The summed E-state index contributed by atoms with van der Waals surface area (Å²) in [6.45, 7) is 7.43.